The van der Waals surface area contributed by atoms with E-state index in [1.165, 1.54) is 11.1 Å². The van der Waals surface area contributed by atoms with Crippen LogP contribution in [0.4, 0.5) is 0 Å². The minimum absolute atomic E-state index is 0.178. The molecular formula is C22H24N2O2. The molecule has 2 aromatic carbocycles. The zero-order chi connectivity index (χ0) is 18.2. The fourth-order valence-corrected chi connectivity index (χ4v) is 2.98. The van der Waals surface area contributed by atoms with Crippen molar-refractivity contribution in [1.82, 2.24) is 9.88 Å². The summed E-state index contributed by atoms with van der Waals surface area (Å²) in [5, 5.41) is 10.1. The van der Waals surface area contributed by atoms with Crippen molar-refractivity contribution in [2.45, 2.75) is 19.5 Å². The Labute approximate surface area is 154 Å². The van der Waals surface area contributed by atoms with Crippen LogP contribution in [-0.4, -0.2) is 28.6 Å². The molecule has 3 aromatic rings. The summed E-state index contributed by atoms with van der Waals surface area (Å²) in [5.74, 6) is 0.677. The molecule has 4 heteroatoms. The largest absolute Gasteiger partial charge is 0.504 e. The molecule has 0 amide bonds. The number of phenols is 1. The number of rotatable bonds is 8. The summed E-state index contributed by atoms with van der Waals surface area (Å²) < 4.78 is 5.14. The molecule has 4 nitrogen and oxygen atoms in total. The van der Waals surface area contributed by atoms with E-state index < -0.39 is 0 Å². The van der Waals surface area contributed by atoms with Crippen LogP contribution in [0.1, 0.15) is 16.7 Å². The minimum Gasteiger partial charge on any atom is -0.504 e. The van der Waals surface area contributed by atoms with E-state index in [1.807, 2.05) is 42.7 Å². The summed E-state index contributed by atoms with van der Waals surface area (Å²) in [6.45, 7) is 2.52. The normalized spacial score (nSPS) is 10.8. The highest BCUT2D eigenvalue weighted by Crippen LogP contribution is 2.27. The van der Waals surface area contributed by atoms with Crippen molar-refractivity contribution in [3.05, 3.63) is 89.7 Å². The van der Waals surface area contributed by atoms with Crippen LogP contribution in [0.15, 0.2) is 73.1 Å². The second-order valence-electron chi connectivity index (χ2n) is 6.31. The van der Waals surface area contributed by atoms with Gasteiger partial charge in [-0.05, 0) is 47.4 Å². The Hall–Kier alpha value is -2.85. The fourth-order valence-electron chi connectivity index (χ4n) is 2.98. The minimum atomic E-state index is 0.178. The van der Waals surface area contributed by atoms with Gasteiger partial charge in [-0.1, -0.05) is 36.4 Å². The van der Waals surface area contributed by atoms with Crippen LogP contribution in [0.3, 0.4) is 0 Å². The first-order chi connectivity index (χ1) is 12.7. The number of hydrogen-bond donors (Lipinski definition) is 1. The van der Waals surface area contributed by atoms with Gasteiger partial charge >= 0.3 is 0 Å². The number of ether oxygens (including phenoxy) is 1. The Morgan fingerprint density at radius 2 is 1.62 bits per heavy atom. The number of pyridine rings is 1. The predicted molar refractivity (Wildman–Crippen MR) is 103 cm³/mol. The molecule has 0 bridgehead atoms. The van der Waals surface area contributed by atoms with E-state index in [2.05, 4.69) is 34.1 Å². The number of benzene rings is 2. The molecule has 1 heterocycles. The summed E-state index contributed by atoms with van der Waals surface area (Å²) in [7, 11) is 1.56. The fraction of sp³-hybridized carbons (Fsp3) is 0.227. The maximum absolute atomic E-state index is 10.1. The van der Waals surface area contributed by atoms with Crippen molar-refractivity contribution in [1.29, 1.82) is 0 Å². The molecule has 1 aromatic heterocycles. The van der Waals surface area contributed by atoms with Crippen LogP contribution in [-0.2, 0) is 19.5 Å². The van der Waals surface area contributed by atoms with E-state index in [0.717, 1.165) is 31.6 Å². The number of aromatic hydroxyl groups is 1. The van der Waals surface area contributed by atoms with Crippen molar-refractivity contribution in [3.8, 4) is 11.5 Å². The molecule has 26 heavy (non-hydrogen) atoms. The zero-order valence-electron chi connectivity index (χ0n) is 15.0. The van der Waals surface area contributed by atoms with E-state index >= 15 is 0 Å². The topological polar surface area (TPSA) is 45.6 Å². The summed E-state index contributed by atoms with van der Waals surface area (Å²) in [6, 6.07) is 20.2. The number of nitrogens with zero attached hydrogens (tertiary/aromatic N) is 2. The molecule has 3 rings (SSSR count). The molecule has 134 valence electrons. The van der Waals surface area contributed by atoms with Crippen LogP contribution >= 0.6 is 0 Å². The van der Waals surface area contributed by atoms with Crippen LogP contribution in [0.25, 0.3) is 0 Å². The van der Waals surface area contributed by atoms with Crippen molar-refractivity contribution >= 4 is 0 Å². The van der Waals surface area contributed by atoms with Crippen molar-refractivity contribution in [3.63, 3.8) is 0 Å². The van der Waals surface area contributed by atoms with Gasteiger partial charge < -0.3 is 9.84 Å². The SMILES string of the molecule is COc1ccc(CN(CCc2ccccc2)Cc2ccncc2)cc1O. The van der Waals surface area contributed by atoms with Gasteiger partial charge in [0.1, 0.15) is 0 Å². The lowest BCUT2D eigenvalue weighted by Crippen LogP contribution is -2.25. The van der Waals surface area contributed by atoms with Gasteiger partial charge in [-0.15, -0.1) is 0 Å². The molecule has 0 spiro atoms. The van der Waals surface area contributed by atoms with E-state index in [0.29, 0.717) is 5.75 Å². The number of phenolic OH excluding ortho intramolecular Hbond substituents is 1. The Balaban J connectivity index is 1.72. The third-order valence-corrected chi connectivity index (χ3v) is 4.36. The van der Waals surface area contributed by atoms with Gasteiger partial charge in [0.25, 0.3) is 0 Å². The molecule has 0 saturated carbocycles. The molecule has 0 fully saturated rings. The monoisotopic (exact) mass is 348 g/mol. The third kappa shape index (κ3) is 5.07. The zero-order valence-corrected chi connectivity index (χ0v) is 15.0. The standard InChI is InChI=1S/C22H24N2O2/c1-26-22-8-7-20(15-21(22)25)17-24(16-19-9-12-23-13-10-19)14-11-18-5-3-2-4-6-18/h2-10,12-13,15,25H,11,14,16-17H2,1H3. The number of aromatic nitrogens is 1. The lowest BCUT2D eigenvalue weighted by atomic mass is 10.1. The van der Waals surface area contributed by atoms with E-state index in [-0.39, 0.29) is 5.75 Å². The van der Waals surface area contributed by atoms with E-state index in [4.69, 9.17) is 4.74 Å². The van der Waals surface area contributed by atoms with Crippen LogP contribution in [0.2, 0.25) is 0 Å². The first kappa shape index (κ1) is 18.0. The van der Waals surface area contributed by atoms with Gasteiger partial charge in [-0.3, -0.25) is 9.88 Å². The molecule has 0 aliphatic rings. The second-order valence-corrected chi connectivity index (χ2v) is 6.31. The summed E-state index contributed by atoms with van der Waals surface area (Å²) >= 11 is 0. The first-order valence-corrected chi connectivity index (χ1v) is 8.75. The van der Waals surface area contributed by atoms with Crippen molar-refractivity contribution in [2.24, 2.45) is 0 Å². The maximum atomic E-state index is 10.1. The van der Waals surface area contributed by atoms with Gasteiger partial charge in [-0.2, -0.15) is 0 Å². The molecule has 0 aliphatic heterocycles. The second kappa shape index (κ2) is 9.02. The molecule has 0 unspecified atom stereocenters. The quantitative estimate of drug-likeness (QED) is 0.667. The van der Waals surface area contributed by atoms with Gasteiger partial charge in [0.15, 0.2) is 11.5 Å². The van der Waals surface area contributed by atoms with E-state index in [9.17, 15) is 5.11 Å². The molecule has 0 aliphatic carbocycles. The van der Waals surface area contributed by atoms with E-state index in [1.54, 1.807) is 13.2 Å². The Morgan fingerprint density at radius 3 is 2.31 bits per heavy atom. The Kier molecular flexibility index (Phi) is 6.23. The molecule has 0 saturated heterocycles. The number of hydrogen-bond acceptors (Lipinski definition) is 4. The first-order valence-electron chi connectivity index (χ1n) is 8.75. The van der Waals surface area contributed by atoms with Gasteiger partial charge in [-0.25, -0.2) is 0 Å². The highest BCUT2D eigenvalue weighted by atomic mass is 16.5. The highest BCUT2D eigenvalue weighted by molar-refractivity contribution is 5.41. The summed E-state index contributed by atoms with van der Waals surface area (Å²) in [6.07, 6.45) is 4.63. The Bertz CT molecular complexity index is 807. The van der Waals surface area contributed by atoms with Crippen molar-refractivity contribution in [2.75, 3.05) is 13.7 Å². The lowest BCUT2D eigenvalue weighted by Gasteiger charge is -2.23. The smallest absolute Gasteiger partial charge is 0.160 e. The molecule has 0 radical (unpaired) electrons. The van der Waals surface area contributed by atoms with Crippen LogP contribution < -0.4 is 4.74 Å². The number of methoxy groups -OCH3 is 1. The summed E-state index contributed by atoms with van der Waals surface area (Å²) in [5.41, 5.74) is 3.61. The van der Waals surface area contributed by atoms with Crippen LogP contribution in [0.5, 0.6) is 11.5 Å². The van der Waals surface area contributed by atoms with Crippen LogP contribution in [0, 0.1) is 0 Å². The van der Waals surface area contributed by atoms with Gasteiger partial charge in [0.05, 0.1) is 7.11 Å². The molecular weight excluding hydrogens is 324 g/mol. The average molecular weight is 348 g/mol. The lowest BCUT2D eigenvalue weighted by molar-refractivity contribution is 0.259. The van der Waals surface area contributed by atoms with Crippen molar-refractivity contribution < 1.29 is 9.84 Å². The third-order valence-electron chi connectivity index (χ3n) is 4.36. The van der Waals surface area contributed by atoms with Gasteiger partial charge in [0, 0.05) is 32.0 Å². The predicted octanol–water partition coefficient (Wildman–Crippen LogP) is 4.04. The average Bonchev–Trinajstić information content (AvgIpc) is 2.68. The molecule has 1 N–H and O–H groups in total. The van der Waals surface area contributed by atoms with Gasteiger partial charge in [0.2, 0.25) is 0 Å². The Morgan fingerprint density at radius 1 is 0.885 bits per heavy atom. The summed E-state index contributed by atoms with van der Waals surface area (Å²) in [4.78, 5) is 6.47. The maximum Gasteiger partial charge on any atom is 0.160 e. The molecule has 0 atom stereocenters. The highest BCUT2D eigenvalue weighted by Gasteiger charge is 2.10.